The molecule has 12 heteroatoms. The van der Waals surface area contributed by atoms with Crippen LogP contribution >= 0.6 is 0 Å². The second kappa shape index (κ2) is 5.88. The summed E-state index contributed by atoms with van der Waals surface area (Å²) in [6, 6.07) is 0. The Kier molecular flexibility index (Phi) is 4.08. The normalized spacial score (nSPS) is 12.9. The van der Waals surface area contributed by atoms with E-state index >= 15 is 0 Å². The van der Waals surface area contributed by atoms with Crippen LogP contribution in [0.1, 0.15) is 12.1 Å². The first-order valence-corrected chi connectivity index (χ1v) is 7.22. The van der Waals surface area contributed by atoms with Crippen LogP contribution in [0.3, 0.4) is 0 Å². The van der Waals surface area contributed by atoms with Crippen molar-refractivity contribution in [3.8, 4) is 11.1 Å². The number of alkyl halides is 6. The van der Waals surface area contributed by atoms with Gasteiger partial charge in [-0.1, -0.05) is 0 Å². The highest BCUT2D eigenvalue weighted by atomic mass is 19.4. The van der Waals surface area contributed by atoms with Gasteiger partial charge in [0.25, 0.3) is 5.56 Å². The van der Waals surface area contributed by atoms with Gasteiger partial charge in [-0.05, 0) is 0 Å². The Morgan fingerprint density at radius 3 is 2.42 bits per heavy atom. The first-order valence-electron chi connectivity index (χ1n) is 7.22. The van der Waals surface area contributed by atoms with Crippen LogP contribution in [-0.4, -0.2) is 29.9 Å². The van der Waals surface area contributed by atoms with Crippen molar-refractivity contribution in [3.05, 3.63) is 40.8 Å². The average Bonchev–Trinajstić information content (AvgIpc) is 3.11. The van der Waals surface area contributed by atoms with Gasteiger partial charge in [0, 0.05) is 37.7 Å². The Balaban J connectivity index is 2.14. The topological polar surface area (TPSA) is 57.1 Å². The maximum Gasteiger partial charge on any atom is 0.434 e. The van der Waals surface area contributed by atoms with E-state index < -0.39 is 42.1 Å². The largest absolute Gasteiger partial charge is 0.434 e. The molecule has 6 nitrogen and oxygen atoms in total. The molecule has 26 heavy (non-hydrogen) atoms. The fourth-order valence-corrected chi connectivity index (χ4v) is 2.46. The highest BCUT2D eigenvalue weighted by Gasteiger charge is 2.38. The number of aromatic nitrogens is 5. The average molecular weight is 379 g/mol. The van der Waals surface area contributed by atoms with Crippen LogP contribution < -0.4 is 5.56 Å². The zero-order valence-electron chi connectivity index (χ0n) is 13.1. The predicted octanol–water partition coefficient (Wildman–Crippen LogP) is 2.87. The Morgan fingerprint density at radius 1 is 1.12 bits per heavy atom. The minimum atomic E-state index is -4.93. The monoisotopic (exact) mass is 379 g/mol. The van der Waals surface area contributed by atoms with Crippen molar-refractivity contribution in [3.63, 3.8) is 0 Å². The van der Waals surface area contributed by atoms with Crippen molar-refractivity contribution < 1.29 is 26.3 Å². The predicted molar refractivity (Wildman–Crippen MR) is 77.3 cm³/mol. The molecule has 3 rings (SSSR count). The minimum absolute atomic E-state index is 0.212. The van der Waals surface area contributed by atoms with E-state index in [4.69, 9.17) is 0 Å². The first-order chi connectivity index (χ1) is 12.0. The van der Waals surface area contributed by atoms with E-state index in [2.05, 4.69) is 10.1 Å². The molecule has 0 saturated carbocycles. The van der Waals surface area contributed by atoms with E-state index in [1.54, 1.807) is 0 Å². The molecule has 0 aliphatic carbocycles. The molecule has 0 fully saturated rings. The van der Waals surface area contributed by atoms with Crippen LogP contribution in [0.5, 0.6) is 0 Å². The van der Waals surface area contributed by atoms with Crippen LogP contribution in [0.15, 0.2) is 29.6 Å². The maximum absolute atomic E-state index is 13.4. The summed E-state index contributed by atoms with van der Waals surface area (Å²) in [5, 5.41) is 3.61. The first kappa shape index (κ1) is 18.0. The number of aryl methyl sites for hydroxylation is 2. The van der Waals surface area contributed by atoms with Gasteiger partial charge in [-0.15, -0.1) is 0 Å². The van der Waals surface area contributed by atoms with Crippen molar-refractivity contribution >= 4 is 5.78 Å². The van der Waals surface area contributed by atoms with Gasteiger partial charge in [0.1, 0.15) is 0 Å². The molecule has 3 aromatic rings. The second-order valence-electron chi connectivity index (χ2n) is 5.57. The Bertz CT molecular complexity index is 1010. The van der Waals surface area contributed by atoms with E-state index in [0.717, 1.165) is 21.5 Å². The number of hydrogen-bond acceptors (Lipinski definition) is 3. The molecule has 140 valence electrons. The summed E-state index contributed by atoms with van der Waals surface area (Å²) in [4.78, 5) is 16.1. The third-order valence-corrected chi connectivity index (χ3v) is 3.67. The summed E-state index contributed by atoms with van der Waals surface area (Å²) in [5.74, 6) is -0.212. The minimum Gasteiger partial charge on any atom is -0.320 e. The summed E-state index contributed by atoms with van der Waals surface area (Å²) >= 11 is 0. The molecule has 3 aromatic heterocycles. The lowest BCUT2D eigenvalue weighted by Gasteiger charge is -2.11. The van der Waals surface area contributed by atoms with Crippen LogP contribution in [0, 0.1) is 0 Å². The van der Waals surface area contributed by atoms with Gasteiger partial charge >= 0.3 is 12.4 Å². The molecule has 0 aliphatic rings. The molecular weight excluding hydrogens is 368 g/mol. The smallest absolute Gasteiger partial charge is 0.320 e. The van der Waals surface area contributed by atoms with Crippen molar-refractivity contribution in [2.24, 2.45) is 7.05 Å². The summed E-state index contributed by atoms with van der Waals surface area (Å²) in [6.45, 7) is -0.576. The zero-order chi connectivity index (χ0) is 19.3. The lowest BCUT2D eigenvalue weighted by molar-refractivity contribution is -0.140. The quantitative estimate of drug-likeness (QED) is 0.658. The maximum atomic E-state index is 13.4. The standard InChI is InChI=1S/C14H11F6N5O/c1-23-4-5-25-11(26)9(10(14(18,19)20)22-12(23)25)8-6-21-24(7-8)3-2-13(15,16)17/h4-7H,2-3H2,1H3. The molecule has 0 aliphatic heterocycles. The molecule has 0 amide bonds. The summed E-state index contributed by atoms with van der Waals surface area (Å²) < 4.78 is 80.0. The molecule has 0 aromatic carbocycles. The van der Waals surface area contributed by atoms with E-state index in [1.807, 2.05) is 0 Å². The number of nitrogens with zero attached hydrogens (tertiary/aromatic N) is 5. The number of imidazole rings is 1. The molecule has 0 saturated heterocycles. The third kappa shape index (κ3) is 3.30. The van der Waals surface area contributed by atoms with Gasteiger partial charge in [-0.3, -0.25) is 13.9 Å². The number of fused-ring (bicyclic) bond motifs is 1. The van der Waals surface area contributed by atoms with Gasteiger partial charge in [0.15, 0.2) is 5.69 Å². The molecule has 0 atom stereocenters. The molecule has 0 unspecified atom stereocenters. The van der Waals surface area contributed by atoms with Crippen molar-refractivity contribution in [1.29, 1.82) is 0 Å². The van der Waals surface area contributed by atoms with E-state index in [-0.39, 0.29) is 11.3 Å². The van der Waals surface area contributed by atoms with Gasteiger partial charge < -0.3 is 4.57 Å². The zero-order valence-corrected chi connectivity index (χ0v) is 13.1. The highest BCUT2D eigenvalue weighted by Crippen LogP contribution is 2.34. The van der Waals surface area contributed by atoms with E-state index in [9.17, 15) is 31.1 Å². The Labute approximate surface area is 141 Å². The fraction of sp³-hybridized carbons (Fsp3) is 0.357. The van der Waals surface area contributed by atoms with Crippen molar-refractivity contribution in [2.45, 2.75) is 25.3 Å². The molecule has 3 heterocycles. The lowest BCUT2D eigenvalue weighted by Crippen LogP contribution is -2.23. The molecule has 0 spiro atoms. The number of halogens is 6. The Hall–Kier alpha value is -2.79. The van der Waals surface area contributed by atoms with E-state index in [0.29, 0.717) is 0 Å². The highest BCUT2D eigenvalue weighted by molar-refractivity contribution is 5.65. The lowest BCUT2D eigenvalue weighted by atomic mass is 10.1. The third-order valence-electron chi connectivity index (χ3n) is 3.67. The van der Waals surface area contributed by atoms with Gasteiger partial charge in [-0.25, -0.2) is 4.98 Å². The molecule has 0 bridgehead atoms. The molecule has 0 N–H and O–H groups in total. The SMILES string of the molecule is Cn1ccn2c(=O)c(-c3cnn(CCC(F)(F)F)c3)c(C(F)(F)F)nc12. The van der Waals surface area contributed by atoms with Gasteiger partial charge in [0.2, 0.25) is 5.78 Å². The molecule has 0 radical (unpaired) electrons. The Morgan fingerprint density at radius 2 is 1.81 bits per heavy atom. The van der Waals surface area contributed by atoms with Crippen LogP contribution in [0.2, 0.25) is 0 Å². The van der Waals surface area contributed by atoms with Crippen LogP contribution in [0.25, 0.3) is 16.9 Å². The number of rotatable bonds is 3. The second-order valence-corrected chi connectivity index (χ2v) is 5.57. The number of hydrogen-bond donors (Lipinski definition) is 0. The summed E-state index contributed by atoms with van der Waals surface area (Å²) in [7, 11) is 1.43. The van der Waals surface area contributed by atoms with E-state index in [1.165, 1.54) is 24.0 Å². The summed E-state index contributed by atoms with van der Waals surface area (Å²) in [5.41, 5.74) is -3.42. The van der Waals surface area contributed by atoms with Crippen LogP contribution in [-0.2, 0) is 19.8 Å². The molecular formula is C14H11F6N5O. The fourth-order valence-electron chi connectivity index (χ4n) is 2.46. The van der Waals surface area contributed by atoms with Gasteiger partial charge in [0.05, 0.1) is 18.2 Å². The van der Waals surface area contributed by atoms with Gasteiger partial charge in [-0.2, -0.15) is 31.4 Å². The van der Waals surface area contributed by atoms with Crippen molar-refractivity contribution in [2.75, 3.05) is 0 Å². The summed E-state index contributed by atoms with van der Waals surface area (Å²) in [6.07, 6.45) is -6.07. The van der Waals surface area contributed by atoms with Crippen LogP contribution in [0.4, 0.5) is 26.3 Å². The van der Waals surface area contributed by atoms with Crippen molar-refractivity contribution in [1.82, 2.24) is 23.7 Å².